The highest BCUT2D eigenvalue weighted by Gasteiger charge is 2.18. The van der Waals surface area contributed by atoms with Gasteiger partial charge in [0.2, 0.25) is 0 Å². The molecule has 0 heterocycles. The van der Waals surface area contributed by atoms with Crippen LogP contribution in [0.2, 0.25) is 0 Å². The number of unbranched alkanes of at least 4 members (excludes halogenated alkanes) is 1. The lowest BCUT2D eigenvalue weighted by molar-refractivity contribution is -0.139. The van der Waals surface area contributed by atoms with Crippen molar-refractivity contribution in [3.63, 3.8) is 0 Å². The van der Waals surface area contributed by atoms with E-state index in [1.54, 1.807) is 0 Å². The first kappa shape index (κ1) is 15.5. The Kier molecular flexibility index (Phi) is 9.40. The minimum atomic E-state index is -0.263. The van der Waals surface area contributed by atoms with Crippen molar-refractivity contribution in [3.05, 3.63) is 0 Å². The van der Waals surface area contributed by atoms with Gasteiger partial charge in [0, 0.05) is 0 Å². The Hall–Kier alpha value is -0.505. The van der Waals surface area contributed by atoms with Gasteiger partial charge in [-0.3, -0.25) is 4.79 Å². The van der Waals surface area contributed by atoms with E-state index in [4.69, 9.17) is 8.05 Å². The molecule has 0 saturated heterocycles. The highest BCUT2D eigenvalue weighted by atomic mass is 16.5. The maximum Gasteiger partial charge on any atom is 0.378 e. The summed E-state index contributed by atoms with van der Waals surface area (Å²) in [6, 6.07) is 0. The Bertz CT molecular complexity index is 184. The van der Waals surface area contributed by atoms with E-state index >= 15 is 0 Å². The monoisotopic (exact) mass is 225 g/mol. The van der Waals surface area contributed by atoms with Crippen LogP contribution in [0.15, 0.2) is 0 Å². The molecular weight excluding hydrogens is 201 g/mol. The van der Waals surface area contributed by atoms with Crippen LogP contribution in [0.3, 0.4) is 0 Å². The SMILES string of the molecule is [B]OC(=O)C(CCCC)CCN(CC)CC. The molecule has 0 bridgehead atoms. The van der Waals surface area contributed by atoms with Crippen molar-refractivity contribution >= 4 is 14.0 Å². The largest absolute Gasteiger partial charge is 0.543 e. The highest BCUT2D eigenvalue weighted by molar-refractivity contribution is 6.05. The fourth-order valence-corrected chi connectivity index (χ4v) is 1.81. The van der Waals surface area contributed by atoms with Gasteiger partial charge in [0.05, 0.1) is 5.92 Å². The smallest absolute Gasteiger partial charge is 0.378 e. The van der Waals surface area contributed by atoms with Crippen LogP contribution in [0.5, 0.6) is 0 Å². The predicted molar refractivity (Wildman–Crippen MR) is 67.3 cm³/mol. The summed E-state index contributed by atoms with van der Waals surface area (Å²) in [7, 11) is 4.95. The maximum absolute atomic E-state index is 11.4. The third-order valence-electron chi connectivity index (χ3n) is 3.04. The number of hydrogen-bond acceptors (Lipinski definition) is 3. The quantitative estimate of drug-likeness (QED) is 0.563. The van der Waals surface area contributed by atoms with Gasteiger partial charge in [0.15, 0.2) is 0 Å². The summed E-state index contributed by atoms with van der Waals surface area (Å²) in [5, 5.41) is 0. The average molecular weight is 225 g/mol. The fraction of sp³-hybridized carbons (Fsp3) is 0.917. The zero-order valence-corrected chi connectivity index (χ0v) is 10.9. The first-order valence-electron chi connectivity index (χ1n) is 6.32. The summed E-state index contributed by atoms with van der Waals surface area (Å²) in [6.45, 7) is 9.37. The molecule has 0 aliphatic carbocycles. The second kappa shape index (κ2) is 9.70. The third-order valence-corrected chi connectivity index (χ3v) is 3.04. The molecular formula is C12H24BNO2. The normalized spacial score (nSPS) is 12.8. The summed E-state index contributed by atoms with van der Waals surface area (Å²) in [5.74, 6) is -0.300. The van der Waals surface area contributed by atoms with E-state index in [9.17, 15) is 4.79 Å². The van der Waals surface area contributed by atoms with Crippen LogP contribution in [0.4, 0.5) is 0 Å². The summed E-state index contributed by atoms with van der Waals surface area (Å²) in [5.41, 5.74) is 0. The molecule has 92 valence electrons. The molecule has 0 rings (SSSR count). The first-order valence-corrected chi connectivity index (χ1v) is 6.32. The van der Waals surface area contributed by atoms with Crippen molar-refractivity contribution in [1.82, 2.24) is 4.90 Å². The predicted octanol–water partition coefficient (Wildman–Crippen LogP) is 2.15. The van der Waals surface area contributed by atoms with Gasteiger partial charge in [0.1, 0.15) is 0 Å². The summed E-state index contributed by atoms with van der Waals surface area (Å²) in [4.78, 5) is 13.7. The number of carbonyl (C=O) groups is 1. The van der Waals surface area contributed by atoms with E-state index in [1.807, 2.05) is 0 Å². The molecule has 0 fully saturated rings. The van der Waals surface area contributed by atoms with Gasteiger partial charge in [-0.15, -0.1) is 0 Å². The molecule has 1 unspecified atom stereocenters. The number of nitrogens with zero attached hydrogens (tertiary/aromatic N) is 1. The van der Waals surface area contributed by atoms with Gasteiger partial charge in [-0.05, 0) is 32.5 Å². The Morgan fingerprint density at radius 3 is 2.31 bits per heavy atom. The fourth-order valence-electron chi connectivity index (χ4n) is 1.81. The lowest BCUT2D eigenvalue weighted by Crippen LogP contribution is -2.28. The molecule has 0 N–H and O–H groups in total. The molecule has 0 spiro atoms. The molecule has 3 nitrogen and oxygen atoms in total. The molecule has 1 atom stereocenters. The third kappa shape index (κ3) is 6.16. The standard InChI is InChI=1S/C12H24BNO2/c1-4-7-8-11(12(15)16-13)9-10-14(5-2)6-3/h11H,4-10H2,1-3H3. The van der Waals surface area contributed by atoms with Crippen LogP contribution in [0.1, 0.15) is 46.5 Å². The van der Waals surface area contributed by atoms with Crippen LogP contribution in [0, 0.1) is 5.92 Å². The topological polar surface area (TPSA) is 29.5 Å². The van der Waals surface area contributed by atoms with Gasteiger partial charge in [0.25, 0.3) is 5.97 Å². The molecule has 0 aromatic heterocycles. The molecule has 0 aliphatic rings. The molecule has 0 amide bonds. The molecule has 0 aromatic rings. The van der Waals surface area contributed by atoms with Gasteiger partial charge in [-0.1, -0.05) is 33.6 Å². The van der Waals surface area contributed by atoms with Crippen molar-refractivity contribution in [2.24, 2.45) is 5.92 Å². The van der Waals surface area contributed by atoms with Gasteiger partial charge >= 0.3 is 8.05 Å². The van der Waals surface area contributed by atoms with E-state index in [0.717, 1.165) is 45.3 Å². The van der Waals surface area contributed by atoms with Crippen molar-refractivity contribution in [2.45, 2.75) is 46.5 Å². The van der Waals surface area contributed by atoms with E-state index in [-0.39, 0.29) is 11.9 Å². The van der Waals surface area contributed by atoms with E-state index in [1.165, 1.54) is 0 Å². The Morgan fingerprint density at radius 1 is 1.25 bits per heavy atom. The minimum Gasteiger partial charge on any atom is -0.543 e. The molecule has 4 heteroatoms. The average Bonchev–Trinajstić information content (AvgIpc) is 2.33. The molecule has 0 aliphatic heterocycles. The van der Waals surface area contributed by atoms with Gasteiger partial charge in [-0.2, -0.15) is 0 Å². The zero-order chi connectivity index (χ0) is 12.4. The number of hydrogen-bond donors (Lipinski definition) is 0. The Balaban J connectivity index is 4.04. The molecule has 16 heavy (non-hydrogen) atoms. The summed E-state index contributed by atoms with van der Waals surface area (Å²) >= 11 is 0. The Morgan fingerprint density at radius 2 is 1.88 bits per heavy atom. The second-order valence-electron chi connectivity index (χ2n) is 4.09. The number of carbonyl (C=O) groups excluding carboxylic acids is 1. The van der Waals surface area contributed by atoms with Crippen LogP contribution < -0.4 is 0 Å². The Labute approximate surface area is 101 Å². The van der Waals surface area contributed by atoms with Crippen molar-refractivity contribution in [2.75, 3.05) is 19.6 Å². The van der Waals surface area contributed by atoms with E-state index in [2.05, 4.69) is 30.3 Å². The van der Waals surface area contributed by atoms with Gasteiger partial charge < -0.3 is 9.55 Å². The zero-order valence-electron chi connectivity index (χ0n) is 10.9. The lowest BCUT2D eigenvalue weighted by atomic mass is 9.98. The highest BCUT2D eigenvalue weighted by Crippen LogP contribution is 2.15. The molecule has 2 radical (unpaired) electrons. The van der Waals surface area contributed by atoms with Crippen LogP contribution in [-0.2, 0) is 9.45 Å². The van der Waals surface area contributed by atoms with E-state index in [0.29, 0.717) is 0 Å². The van der Waals surface area contributed by atoms with Crippen molar-refractivity contribution in [3.8, 4) is 0 Å². The van der Waals surface area contributed by atoms with Crippen LogP contribution >= 0.6 is 0 Å². The lowest BCUT2D eigenvalue weighted by Gasteiger charge is -2.21. The molecule has 0 aromatic carbocycles. The number of rotatable bonds is 9. The van der Waals surface area contributed by atoms with Crippen LogP contribution in [-0.4, -0.2) is 38.6 Å². The van der Waals surface area contributed by atoms with Crippen molar-refractivity contribution < 1.29 is 9.45 Å². The minimum absolute atomic E-state index is 0.0365. The summed E-state index contributed by atoms with van der Waals surface area (Å²) < 4.78 is 4.35. The van der Waals surface area contributed by atoms with E-state index < -0.39 is 0 Å². The molecule has 0 saturated carbocycles. The van der Waals surface area contributed by atoms with Crippen LogP contribution in [0.25, 0.3) is 0 Å². The summed E-state index contributed by atoms with van der Waals surface area (Å²) in [6.07, 6.45) is 3.88. The van der Waals surface area contributed by atoms with Gasteiger partial charge in [-0.25, -0.2) is 0 Å². The second-order valence-corrected chi connectivity index (χ2v) is 4.09. The maximum atomic E-state index is 11.4. The van der Waals surface area contributed by atoms with Crippen molar-refractivity contribution in [1.29, 1.82) is 0 Å². The first-order chi connectivity index (χ1) is 7.69.